The minimum Gasteiger partial charge on any atom is -0.360 e. The second-order valence-corrected chi connectivity index (χ2v) is 5.50. The number of hydrogen-bond acceptors (Lipinski definition) is 1. The van der Waals surface area contributed by atoms with Crippen molar-refractivity contribution in [2.75, 3.05) is 5.32 Å². The molecule has 3 rings (SSSR count). The van der Waals surface area contributed by atoms with Gasteiger partial charge in [-0.15, -0.1) is 0 Å². The predicted octanol–water partition coefficient (Wildman–Crippen LogP) is 4.76. The molecule has 2 N–H and O–H groups in total. The standard InChI is InChI=1S/C19H20N2O/c1-2-3-6-14-9-11-15(12-10-14)21-19(22)17-13-20-18-8-5-4-7-16(17)18/h4-5,7-13,20H,2-3,6H2,1H3,(H,21,22). The summed E-state index contributed by atoms with van der Waals surface area (Å²) in [5.41, 5.74) is 3.79. The molecule has 0 aliphatic heterocycles. The molecule has 0 atom stereocenters. The van der Waals surface area contributed by atoms with Crippen molar-refractivity contribution in [3.05, 3.63) is 65.9 Å². The average Bonchev–Trinajstić information content (AvgIpc) is 2.98. The van der Waals surface area contributed by atoms with Crippen LogP contribution in [0, 0.1) is 0 Å². The minimum absolute atomic E-state index is 0.0845. The smallest absolute Gasteiger partial charge is 0.257 e. The van der Waals surface area contributed by atoms with E-state index in [0.717, 1.165) is 23.0 Å². The normalized spacial score (nSPS) is 10.8. The number of benzene rings is 2. The topological polar surface area (TPSA) is 44.9 Å². The highest BCUT2D eigenvalue weighted by atomic mass is 16.1. The molecule has 3 nitrogen and oxygen atoms in total. The molecule has 0 aliphatic rings. The Morgan fingerprint density at radius 3 is 2.64 bits per heavy atom. The van der Waals surface area contributed by atoms with E-state index in [4.69, 9.17) is 0 Å². The second kappa shape index (κ2) is 6.48. The molecule has 0 aliphatic carbocycles. The maximum absolute atomic E-state index is 12.4. The van der Waals surface area contributed by atoms with Gasteiger partial charge in [-0.05, 0) is 36.6 Å². The molecule has 0 saturated carbocycles. The first-order chi connectivity index (χ1) is 10.8. The molecule has 0 unspecified atom stereocenters. The third kappa shape index (κ3) is 3.03. The minimum atomic E-state index is -0.0845. The Hall–Kier alpha value is -2.55. The van der Waals surface area contributed by atoms with E-state index in [-0.39, 0.29) is 5.91 Å². The van der Waals surface area contributed by atoms with Crippen LogP contribution >= 0.6 is 0 Å². The van der Waals surface area contributed by atoms with Crippen molar-refractivity contribution in [1.29, 1.82) is 0 Å². The number of aryl methyl sites for hydroxylation is 1. The first-order valence-electron chi connectivity index (χ1n) is 7.74. The molecule has 2 aromatic carbocycles. The molecule has 112 valence electrons. The molecule has 3 heteroatoms. The van der Waals surface area contributed by atoms with Gasteiger partial charge in [0.2, 0.25) is 0 Å². The maximum Gasteiger partial charge on any atom is 0.257 e. The number of hydrogen-bond donors (Lipinski definition) is 2. The maximum atomic E-state index is 12.4. The van der Waals surface area contributed by atoms with Crippen LogP contribution in [0.1, 0.15) is 35.7 Å². The Bertz CT molecular complexity index is 771. The summed E-state index contributed by atoms with van der Waals surface area (Å²) in [6, 6.07) is 15.9. The number of carbonyl (C=O) groups is 1. The van der Waals surface area contributed by atoms with E-state index in [1.165, 1.54) is 18.4 Å². The van der Waals surface area contributed by atoms with Gasteiger partial charge in [-0.2, -0.15) is 0 Å². The number of amides is 1. The molecule has 1 heterocycles. The van der Waals surface area contributed by atoms with Gasteiger partial charge in [0.1, 0.15) is 0 Å². The Labute approximate surface area is 130 Å². The number of nitrogens with one attached hydrogen (secondary N) is 2. The zero-order valence-corrected chi connectivity index (χ0v) is 12.7. The molecular formula is C19H20N2O. The van der Waals surface area contributed by atoms with Crippen LogP contribution < -0.4 is 5.32 Å². The lowest BCUT2D eigenvalue weighted by Crippen LogP contribution is -2.11. The van der Waals surface area contributed by atoms with Crippen molar-refractivity contribution in [3.8, 4) is 0 Å². The molecule has 0 fully saturated rings. The summed E-state index contributed by atoms with van der Waals surface area (Å²) in [5.74, 6) is -0.0845. The molecular weight excluding hydrogens is 272 g/mol. The zero-order chi connectivity index (χ0) is 15.4. The molecule has 22 heavy (non-hydrogen) atoms. The van der Waals surface area contributed by atoms with E-state index in [1.807, 2.05) is 36.4 Å². The van der Waals surface area contributed by atoms with E-state index < -0.39 is 0 Å². The van der Waals surface area contributed by atoms with Crippen LogP contribution in [0.3, 0.4) is 0 Å². The highest BCUT2D eigenvalue weighted by Gasteiger charge is 2.11. The number of aromatic amines is 1. The first kappa shape index (κ1) is 14.4. The summed E-state index contributed by atoms with van der Waals surface area (Å²) < 4.78 is 0. The summed E-state index contributed by atoms with van der Waals surface area (Å²) >= 11 is 0. The third-order valence-corrected chi connectivity index (χ3v) is 3.86. The number of anilines is 1. The monoisotopic (exact) mass is 292 g/mol. The Morgan fingerprint density at radius 2 is 1.86 bits per heavy atom. The molecule has 0 bridgehead atoms. The molecule has 3 aromatic rings. The molecule has 0 spiro atoms. The second-order valence-electron chi connectivity index (χ2n) is 5.50. The van der Waals surface area contributed by atoms with Gasteiger partial charge in [-0.25, -0.2) is 0 Å². The van der Waals surface area contributed by atoms with Crippen LogP contribution in [0.2, 0.25) is 0 Å². The van der Waals surface area contributed by atoms with Crippen molar-refractivity contribution >= 4 is 22.5 Å². The van der Waals surface area contributed by atoms with Gasteiger partial charge in [-0.1, -0.05) is 43.7 Å². The van der Waals surface area contributed by atoms with Gasteiger partial charge in [-0.3, -0.25) is 4.79 Å². The summed E-state index contributed by atoms with van der Waals surface area (Å²) in [6.07, 6.45) is 5.24. The lowest BCUT2D eigenvalue weighted by atomic mass is 10.1. The summed E-state index contributed by atoms with van der Waals surface area (Å²) in [7, 11) is 0. The number of fused-ring (bicyclic) bond motifs is 1. The third-order valence-electron chi connectivity index (χ3n) is 3.86. The predicted molar refractivity (Wildman–Crippen MR) is 91.3 cm³/mol. The summed E-state index contributed by atoms with van der Waals surface area (Å²) in [5, 5.41) is 3.90. The van der Waals surface area contributed by atoms with Crippen molar-refractivity contribution in [3.63, 3.8) is 0 Å². The molecule has 0 radical (unpaired) electrons. The van der Waals surface area contributed by atoms with E-state index in [1.54, 1.807) is 6.20 Å². The molecule has 0 saturated heterocycles. The van der Waals surface area contributed by atoms with Crippen LogP contribution in [0.15, 0.2) is 54.7 Å². The molecule has 1 aromatic heterocycles. The van der Waals surface area contributed by atoms with Crippen LogP contribution in [-0.2, 0) is 6.42 Å². The lowest BCUT2D eigenvalue weighted by molar-refractivity contribution is 0.102. The van der Waals surface area contributed by atoms with E-state index in [2.05, 4.69) is 29.4 Å². The Kier molecular flexibility index (Phi) is 4.24. The fraction of sp³-hybridized carbons (Fsp3) is 0.211. The number of para-hydroxylation sites is 1. The van der Waals surface area contributed by atoms with Crippen LogP contribution in [0.25, 0.3) is 10.9 Å². The van der Waals surface area contributed by atoms with Gasteiger partial charge in [0.05, 0.1) is 5.56 Å². The van der Waals surface area contributed by atoms with Crippen molar-refractivity contribution in [1.82, 2.24) is 4.98 Å². The van der Waals surface area contributed by atoms with Crippen LogP contribution in [0.4, 0.5) is 5.69 Å². The fourth-order valence-corrected chi connectivity index (χ4v) is 2.59. The first-order valence-corrected chi connectivity index (χ1v) is 7.74. The van der Waals surface area contributed by atoms with Crippen molar-refractivity contribution < 1.29 is 4.79 Å². The Morgan fingerprint density at radius 1 is 1.09 bits per heavy atom. The van der Waals surface area contributed by atoms with Crippen molar-refractivity contribution in [2.24, 2.45) is 0 Å². The number of rotatable bonds is 5. The van der Waals surface area contributed by atoms with Crippen LogP contribution in [-0.4, -0.2) is 10.9 Å². The summed E-state index contributed by atoms with van der Waals surface area (Å²) in [4.78, 5) is 15.5. The zero-order valence-electron chi connectivity index (χ0n) is 12.7. The van der Waals surface area contributed by atoms with Gasteiger partial charge < -0.3 is 10.3 Å². The quantitative estimate of drug-likeness (QED) is 0.699. The van der Waals surface area contributed by atoms with Gasteiger partial charge in [0.15, 0.2) is 0 Å². The number of H-pyrrole nitrogens is 1. The SMILES string of the molecule is CCCCc1ccc(NC(=O)c2c[nH]c3ccccc23)cc1. The fourth-order valence-electron chi connectivity index (χ4n) is 2.59. The van der Waals surface area contributed by atoms with Crippen LogP contribution in [0.5, 0.6) is 0 Å². The number of unbranched alkanes of at least 4 members (excludes halogenated alkanes) is 1. The largest absolute Gasteiger partial charge is 0.360 e. The average molecular weight is 292 g/mol. The van der Waals surface area contributed by atoms with E-state index in [0.29, 0.717) is 5.56 Å². The van der Waals surface area contributed by atoms with E-state index in [9.17, 15) is 4.79 Å². The highest BCUT2D eigenvalue weighted by molar-refractivity contribution is 6.12. The lowest BCUT2D eigenvalue weighted by Gasteiger charge is -2.06. The van der Waals surface area contributed by atoms with Gasteiger partial charge in [0, 0.05) is 22.8 Å². The van der Waals surface area contributed by atoms with Crippen molar-refractivity contribution in [2.45, 2.75) is 26.2 Å². The number of aromatic nitrogens is 1. The summed E-state index contributed by atoms with van der Waals surface area (Å²) in [6.45, 7) is 2.19. The highest BCUT2D eigenvalue weighted by Crippen LogP contribution is 2.19. The Balaban J connectivity index is 1.74. The van der Waals surface area contributed by atoms with Gasteiger partial charge >= 0.3 is 0 Å². The molecule has 1 amide bonds. The van der Waals surface area contributed by atoms with Gasteiger partial charge in [0.25, 0.3) is 5.91 Å². The van der Waals surface area contributed by atoms with E-state index >= 15 is 0 Å². The number of carbonyl (C=O) groups excluding carboxylic acids is 1.